The standard InChI is InChI=1S/C7H14F3NO/c1-5(2)6(11)3-12-4-7(8,9)10/h5-6H,3-4,11H2,1-2H3. The highest BCUT2D eigenvalue weighted by Gasteiger charge is 2.27. The second-order valence-corrected chi connectivity index (χ2v) is 3.04. The van der Waals surface area contributed by atoms with E-state index in [1.807, 2.05) is 13.8 Å². The fourth-order valence-corrected chi connectivity index (χ4v) is 0.503. The zero-order chi connectivity index (χ0) is 9.78. The molecule has 0 aromatic heterocycles. The van der Waals surface area contributed by atoms with Crippen LogP contribution >= 0.6 is 0 Å². The second kappa shape index (κ2) is 4.67. The van der Waals surface area contributed by atoms with Crippen molar-refractivity contribution >= 4 is 0 Å². The van der Waals surface area contributed by atoms with Crippen molar-refractivity contribution in [3.8, 4) is 0 Å². The highest BCUT2D eigenvalue weighted by Crippen LogP contribution is 2.14. The number of nitrogens with two attached hydrogens (primary N) is 1. The fraction of sp³-hybridized carbons (Fsp3) is 1.00. The summed E-state index contributed by atoms with van der Waals surface area (Å²) in [5.41, 5.74) is 5.45. The quantitative estimate of drug-likeness (QED) is 0.721. The molecule has 0 heterocycles. The molecule has 0 aliphatic heterocycles. The first-order chi connectivity index (χ1) is 5.33. The summed E-state index contributed by atoms with van der Waals surface area (Å²) in [4.78, 5) is 0. The monoisotopic (exact) mass is 185 g/mol. The van der Waals surface area contributed by atoms with Crippen molar-refractivity contribution in [2.75, 3.05) is 13.2 Å². The third-order valence-corrected chi connectivity index (χ3v) is 1.43. The van der Waals surface area contributed by atoms with Crippen LogP contribution in [0.4, 0.5) is 13.2 Å². The Morgan fingerprint density at radius 1 is 1.33 bits per heavy atom. The second-order valence-electron chi connectivity index (χ2n) is 3.04. The molecule has 0 bridgehead atoms. The fourth-order valence-electron chi connectivity index (χ4n) is 0.503. The van der Waals surface area contributed by atoms with Crippen molar-refractivity contribution in [3.05, 3.63) is 0 Å². The topological polar surface area (TPSA) is 35.2 Å². The van der Waals surface area contributed by atoms with Crippen LogP contribution in [0.2, 0.25) is 0 Å². The minimum atomic E-state index is -4.25. The minimum absolute atomic E-state index is 0.0445. The van der Waals surface area contributed by atoms with E-state index in [9.17, 15) is 13.2 Å². The van der Waals surface area contributed by atoms with Crippen LogP contribution in [0, 0.1) is 5.92 Å². The lowest BCUT2D eigenvalue weighted by Crippen LogP contribution is -2.33. The van der Waals surface area contributed by atoms with E-state index >= 15 is 0 Å². The third kappa shape index (κ3) is 6.42. The molecule has 0 rings (SSSR count). The molecular formula is C7H14F3NO. The van der Waals surface area contributed by atoms with E-state index in [2.05, 4.69) is 4.74 Å². The molecule has 1 atom stereocenters. The molecule has 5 heteroatoms. The van der Waals surface area contributed by atoms with Gasteiger partial charge in [-0.1, -0.05) is 13.8 Å². The van der Waals surface area contributed by atoms with Gasteiger partial charge >= 0.3 is 6.18 Å². The van der Waals surface area contributed by atoms with E-state index in [4.69, 9.17) is 5.73 Å². The summed E-state index contributed by atoms with van der Waals surface area (Å²) < 4.78 is 39.0. The number of ether oxygens (including phenoxy) is 1. The maximum atomic E-state index is 11.5. The zero-order valence-electron chi connectivity index (χ0n) is 7.19. The average molecular weight is 185 g/mol. The molecule has 1 unspecified atom stereocenters. The lowest BCUT2D eigenvalue weighted by atomic mass is 10.1. The van der Waals surface area contributed by atoms with Gasteiger partial charge in [-0.2, -0.15) is 13.2 Å². The Labute approximate surface area is 69.9 Å². The number of halogens is 3. The Morgan fingerprint density at radius 3 is 2.17 bits per heavy atom. The predicted molar refractivity (Wildman–Crippen MR) is 39.7 cm³/mol. The first kappa shape index (κ1) is 11.7. The SMILES string of the molecule is CC(C)C(N)COCC(F)(F)F. The van der Waals surface area contributed by atoms with Gasteiger partial charge < -0.3 is 10.5 Å². The van der Waals surface area contributed by atoms with Crippen LogP contribution in [0.1, 0.15) is 13.8 Å². The number of rotatable bonds is 4. The summed E-state index contributed by atoms with van der Waals surface area (Å²) in [5, 5.41) is 0. The Balaban J connectivity index is 3.44. The summed E-state index contributed by atoms with van der Waals surface area (Å²) in [5.74, 6) is 0.137. The van der Waals surface area contributed by atoms with E-state index in [-0.39, 0.29) is 18.6 Å². The van der Waals surface area contributed by atoms with Gasteiger partial charge in [0.2, 0.25) is 0 Å². The summed E-state index contributed by atoms with van der Waals surface area (Å²) in [7, 11) is 0. The van der Waals surface area contributed by atoms with Gasteiger partial charge in [-0.25, -0.2) is 0 Å². The lowest BCUT2D eigenvalue weighted by Gasteiger charge is -2.16. The van der Waals surface area contributed by atoms with E-state index in [1.54, 1.807) is 0 Å². The summed E-state index contributed by atoms with van der Waals surface area (Å²) in [6.07, 6.45) is -4.25. The molecule has 0 aliphatic carbocycles. The average Bonchev–Trinajstić information content (AvgIpc) is 1.84. The predicted octanol–water partition coefficient (Wildman–Crippen LogP) is 1.55. The number of hydrogen-bond acceptors (Lipinski definition) is 2. The van der Waals surface area contributed by atoms with Gasteiger partial charge in [-0.3, -0.25) is 0 Å². The normalized spacial score (nSPS) is 15.2. The van der Waals surface area contributed by atoms with E-state index in [0.29, 0.717) is 0 Å². The van der Waals surface area contributed by atoms with Gasteiger partial charge in [0.1, 0.15) is 6.61 Å². The maximum absolute atomic E-state index is 11.5. The van der Waals surface area contributed by atoms with Crippen molar-refractivity contribution in [2.45, 2.75) is 26.1 Å². The molecule has 2 nitrogen and oxygen atoms in total. The van der Waals surface area contributed by atoms with Crippen molar-refractivity contribution in [1.82, 2.24) is 0 Å². The van der Waals surface area contributed by atoms with Crippen LogP contribution in [0.25, 0.3) is 0 Å². The van der Waals surface area contributed by atoms with E-state index in [1.165, 1.54) is 0 Å². The van der Waals surface area contributed by atoms with Crippen molar-refractivity contribution in [1.29, 1.82) is 0 Å². The molecule has 0 saturated heterocycles. The minimum Gasteiger partial charge on any atom is -0.370 e. The smallest absolute Gasteiger partial charge is 0.370 e. The van der Waals surface area contributed by atoms with Gasteiger partial charge in [-0.15, -0.1) is 0 Å². The van der Waals surface area contributed by atoms with E-state index < -0.39 is 12.8 Å². The van der Waals surface area contributed by atoms with Crippen LogP contribution in [-0.4, -0.2) is 25.4 Å². The molecule has 0 saturated carbocycles. The highest BCUT2D eigenvalue weighted by molar-refractivity contribution is 4.63. The number of alkyl halides is 3. The van der Waals surface area contributed by atoms with Gasteiger partial charge in [0, 0.05) is 6.04 Å². The molecule has 74 valence electrons. The lowest BCUT2D eigenvalue weighted by molar-refractivity contribution is -0.175. The van der Waals surface area contributed by atoms with Crippen molar-refractivity contribution in [3.63, 3.8) is 0 Å². The molecule has 2 N–H and O–H groups in total. The van der Waals surface area contributed by atoms with Gasteiger partial charge in [0.15, 0.2) is 0 Å². The molecule has 0 fully saturated rings. The molecule has 0 radical (unpaired) electrons. The molecule has 0 aromatic rings. The van der Waals surface area contributed by atoms with E-state index in [0.717, 1.165) is 0 Å². The van der Waals surface area contributed by atoms with Crippen LogP contribution in [0.5, 0.6) is 0 Å². The maximum Gasteiger partial charge on any atom is 0.411 e. The van der Waals surface area contributed by atoms with Crippen molar-refractivity contribution in [2.24, 2.45) is 11.7 Å². The van der Waals surface area contributed by atoms with Crippen LogP contribution < -0.4 is 5.73 Å². The van der Waals surface area contributed by atoms with Gasteiger partial charge in [-0.05, 0) is 5.92 Å². The highest BCUT2D eigenvalue weighted by atomic mass is 19.4. The Bertz CT molecular complexity index is 124. The molecule has 0 amide bonds. The summed E-state index contributed by atoms with van der Waals surface area (Å²) in [6.45, 7) is 2.41. The molecule has 0 spiro atoms. The Hall–Kier alpha value is -0.290. The molecule has 0 aliphatic rings. The summed E-state index contributed by atoms with van der Waals surface area (Å²) >= 11 is 0. The third-order valence-electron chi connectivity index (χ3n) is 1.43. The van der Waals surface area contributed by atoms with Crippen LogP contribution in [-0.2, 0) is 4.74 Å². The van der Waals surface area contributed by atoms with Crippen molar-refractivity contribution < 1.29 is 17.9 Å². The Morgan fingerprint density at radius 2 is 1.83 bits per heavy atom. The molecular weight excluding hydrogens is 171 g/mol. The van der Waals surface area contributed by atoms with Crippen LogP contribution in [0.15, 0.2) is 0 Å². The molecule has 0 aromatic carbocycles. The Kier molecular flexibility index (Phi) is 4.55. The first-order valence-electron chi connectivity index (χ1n) is 3.73. The van der Waals surface area contributed by atoms with Gasteiger partial charge in [0.25, 0.3) is 0 Å². The van der Waals surface area contributed by atoms with Gasteiger partial charge in [0.05, 0.1) is 6.61 Å². The zero-order valence-corrected chi connectivity index (χ0v) is 7.19. The molecule has 12 heavy (non-hydrogen) atoms. The first-order valence-corrected chi connectivity index (χ1v) is 3.73. The van der Waals surface area contributed by atoms with Crippen LogP contribution in [0.3, 0.4) is 0 Å². The largest absolute Gasteiger partial charge is 0.411 e. The number of hydrogen-bond donors (Lipinski definition) is 1. The summed E-state index contributed by atoms with van der Waals surface area (Å²) in [6, 6.07) is -0.327.